The Bertz CT molecular complexity index is 988. The molecule has 0 radical (unpaired) electrons. The van der Waals surface area contributed by atoms with Crippen LogP contribution in [0.25, 0.3) is 10.8 Å². The number of benzene rings is 2. The van der Waals surface area contributed by atoms with Crippen molar-refractivity contribution in [2.75, 3.05) is 13.1 Å². The van der Waals surface area contributed by atoms with E-state index in [1.807, 2.05) is 19.1 Å². The molecule has 0 aliphatic carbocycles. The molecule has 0 unspecified atom stereocenters. The Labute approximate surface area is 165 Å². The number of pyridine rings is 1. The van der Waals surface area contributed by atoms with Crippen LogP contribution in [0.2, 0.25) is 5.02 Å². The quantitative estimate of drug-likeness (QED) is 0.695. The Morgan fingerprint density at radius 1 is 1.07 bits per heavy atom. The molecule has 0 amide bonds. The Morgan fingerprint density at radius 2 is 1.81 bits per heavy atom. The second-order valence-corrected chi connectivity index (χ2v) is 8.09. The minimum absolute atomic E-state index is 0.0599. The van der Waals surface area contributed by atoms with Crippen molar-refractivity contribution in [3.63, 3.8) is 0 Å². The van der Waals surface area contributed by atoms with Crippen molar-refractivity contribution in [2.24, 2.45) is 5.92 Å². The molecule has 0 atom stereocenters. The molecule has 3 nitrogen and oxygen atoms in total. The number of halogens is 1. The second-order valence-electron chi connectivity index (χ2n) is 7.66. The van der Waals surface area contributed by atoms with Gasteiger partial charge in [0.25, 0.3) is 5.56 Å². The average Bonchev–Trinajstić information content (AvgIpc) is 2.67. The van der Waals surface area contributed by atoms with Crippen molar-refractivity contribution in [2.45, 2.75) is 32.7 Å². The van der Waals surface area contributed by atoms with Crippen molar-refractivity contribution >= 4 is 22.4 Å². The van der Waals surface area contributed by atoms with Gasteiger partial charge in [-0.05, 0) is 73.8 Å². The molecule has 0 bridgehead atoms. The van der Waals surface area contributed by atoms with Gasteiger partial charge in [0.1, 0.15) is 0 Å². The number of hydrogen-bond donors (Lipinski definition) is 1. The lowest BCUT2D eigenvalue weighted by Gasteiger charge is -2.32. The summed E-state index contributed by atoms with van der Waals surface area (Å²) in [5.41, 5.74) is 3.55. The number of nitrogens with one attached hydrogen (secondary N) is 1. The minimum atomic E-state index is -0.0599. The number of nitrogens with zero attached hydrogens (tertiary/aromatic N) is 1. The van der Waals surface area contributed by atoms with Gasteiger partial charge in [0, 0.05) is 22.6 Å². The molecule has 1 aliphatic rings. The van der Waals surface area contributed by atoms with Crippen molar-refractivity contribution < 1.29 is 0 Å². The summed E-state index contributed by atoms with van der Waals surface area (Å²) < 4.78 is 0. The fraction of sp³-hybridized carbons (Fsp3) is 0.348. The molecule has 1 fully saturated rings. The molecule has 140 valence electrons. The van der Waals surface area contributed by atoms with E-state index in [4.69, 9.17) is 11.6 Å². The summed E-state index contributed by atoms with van der Waals surface area (Å²) in [5, 5.41) is 2.30. The van der Waals surface area contributed by atoms with Gasteiger partial charge in [-0.1, -0.05) is 48.0 Å². The fourth-order valence-electron chi connectivity index (χ4n) is 4.21. The SMILES string of the molecule is Cc1[nH]c(=O)c2cc(Cl)ccc2c1CN1CCC(Cc2ccccc2)CC1. The van der Waals surface area contributed by atoms with Gasteiger partial charge >= 0.3 is 0 Å². The van der Waals surface area contributed by atoms with Crippen LogP contribution < -0.4 is 5.56 Å². The molecular weight excluding hydrogens is 356 g/mol. The molecule has 2 heterocycles. The molecule has 2 aromatic carbocycles. The van der Waals surface area contributed by atoms with E-state index in [1.165, 1.54) is 30.4 Å². The van der Waals surface area contributed by atoms with E-state index in [9.17, 15) is 4.79 Å². The third-order valence-electron chi connectivity index (χ3n) is 5.76. The van der Waals surface area contributed by atoms with Gasteiger partial charge in [-0.25, -0.2) is 0 Å². The van der Waals surface area contributed by atoms with Crippen molar-refractivity contribution in [3.8, 4) is 0 Å². The molecule has 4 heteroatoms. The summed E-state index contributed by atoms with van der Waals surface area (Å²) in [7, 11) is 0. The third kappa shape index (κ3) is 4.10. The number of H-pyrrole nitrogens is 1. The Kier molecular flexibility index (Phi) is 5.33. The van der Waals surface area contributed by atoms with Gasteiger partial charge in [0.15, 0.2) is 0 Å². The smallest absolute Gasteiger partial charge is 0.256 e. The van der Waals surface area contributed by atoms with Crippen molar-refractivity contribution in [1.29, 1.82) is 0 Å². The first-order chi connectivity index (χ1) is 13.1. The minimum Gasteiger partial charge on any atom is -0.326 e. The molecule has 4 rings (SSSR count). The van der Waals surface area contributed by atoms with Crippen LogP contribution in [0.4, 0.5) is 0 Å². The summed E-state index contributed by atoms with van der Waals surface area (Å²) in [6.07, 6.45) is 3.62. The van der Waals surface area contributed by atoms with E-state index >= 15 is 0 Å². The Morgan fingerprint density at radius 3 is 2.56 bits per heavy atom. The first kappa shape index (κ1) is 18.3. The first-order valence-corrected chi connectivity index (χ1v) is 10.1. The predicted octanol–water partition coefficient (Wildman–Crippen LogP) is 4.94. The highest BCUT2D eigenvalue weighted by atomic mass is 35.5. The number of likely N-dealkylation sites (tertiary alicyclic amines) is 1. The molecule has 1 N–H and O–H groups in total. The summed E-state index contributed by atoms with van der Waals surface area (Å²) in [4.78, 5) is 17.8. The van der Waals surface area contributed by atoms with Crippen LogP contribution in [-0.2, 0) is 13.0 Å². The number of aryl methyl sites for hydroxylation is 1. The van der Waals surface area contributed by atoms with Gasteiger partial charge in [-0.3, -0.25) is 9.69 Å². The molecule has 0 spiro atoms. The van der Waals surface area contributed by atoms with Crippen LogP contribution in [0, 0.1) is 12.8 Å². The number of aromatic nitrogens is 1. The predicted molar refractivity (Wildman–Crippen MR) is 112 cm³/mol. The number of fused-ring (bicyclic) bond motifs is 1. The monoisotopic (exact) mass is 380 g/mol. The Balaban J connectivity index is 1.47. The molecule has 1 aromatic heterocycles. The van der Waals surface area contributed by atoms with Crippen molar-refractivity contribution in [1.82, 2.24) is 9.88 Å². The van der Waals surface area contributed by atoms with E-state index in [2.05, 4.69) is 40.2 Å². The largest absolute Gasteiger partial charge is 0.326 e. The second kappa shape index (κ2) is 7.87. The van der Waals surface area contributed by atoms with E-state index in [1.54, 1.807) is 6.07 Å². The number of rotatable bonds is 4. The summed E-state index contributed by atoms with van der Waals surface area (Å²) in [5.74, 6) is 0.760. The normalized spacial score (nSPS) is 16.1. The van der Waals surface area contributed by atoms with Gasteiger partial charge < -0.3 is 4.98 Å². The highest BCUT2D eigenvalue weighted by Crippen LogP contribution is 2.26. The molecule has 3 aromatic rings. The standard InChI is InChI=1S/C23H25ClN2O/c1-16-22(20-8-7-19(24)14-21(20)23(27)25-16)15-26-11-9-18(10-12-26)13-17-5-3-2-4-6-17/h2-8,14,18H,9-13,15H2,1H3,(H,25,27). The van der Waals surface area contributed by atoms with Crippen LogP contribution in [0.1, 0.15) is 29.7 Å². The number of piperidine rings is 1. The third-order valence-corrected chi connectivity index (χ3v) is 6.00. The summed E-state index contributed by atoms with van der Waals surface area (Å²) >= 11 is 6.09. The summed E-state index contributed by atoms with van der Waals surface area (Å²) in [6, 6.07) is 16.4. The van der Waals surface area contributed by atoms with Gasteiger partial charge in [-0.15, -0.1) is 0 Å². The molecule has 1 aliphatic heterocycles. The zero-order valence-corrected chi connectivity index (χ0v) is 16.4. The van der Waals surface area contributed by atoms with Gasteiger partial charge in [0.2, 0.25) is 0 Å². The molecular formula is C23H25ClN2O. The Hall–Kier alpha value is -2.10. The highest BCUT2D eigenvalue weighted by molar-refractivity contribution is 6.31. The molecule has 1 saturated heterocycles. The van der Waals surface area contributed by atoms with Crippen LogP contribution in [0.3, 0.4) is 0 Å². The van der Waals surface area contributed by atoms with Gasteiger partial charge in [0.05, 0.1) is 0 Å². The van der Waals surface area contributed by atoms with E-state index < -0.39 is 0 Å². The molecule has 27 heavy (non-hydrogen) atoms. The number of aromatic amines is 1. The first-order valence-electron chi connectivity index (χ1n) is 9.67. The van der Waals surface area contributed by atoms with Crippen LogP contribution in [0.5, 0.6) is 0 Å². The topological polar surface area (TPSA) is 36.1 Å². The average molecular weight is 381 g/mol. The van der Waals surface area contributed by atoms with E-state index in [0.717, 1.165) is 36.6 Å². The van der Waals surface area contributed by atoms with E-state index in [0.29, 0.717) is 10.4 Å². The maximum atomic E-state index is 12.3. The fourth-order valence-corrected chi connectivity index (χ4v) is 4.38. The zero-order chi connectivity index (χ0) is 18.8. The maximum Gasteiger partial charge on any atom is 0.256 e. The van der Waals surface area contributed by atoms with Crippen LogP contribution in [0.15, 0.2) is 53.3 Å². The lowest BCUT2D eigenvalue weighted by atomic mass is 9.90. The lowest BCUT2D eigenvalue weighted by Crippen LogP contribution is -2.34. The maximum absolute atomic E-state index is 12.3. The lowest BCUT2D eigenvalue weighted by molar-refractivity contribution is 0.177. The zero-order valence-electron chi connectivity index (χ0n) is 15.7. The number of hydrogen-bond acceptors (Lipinski definition) is 2. The van der Waals surface area contributed by atoms with Crippen molar-refractivity contribution in [3.05, 3.63) is 80.7 Å². The van der Waals surface area contributed by atoms with E-state index in [-0.39, 0.29) is 5.56 Å². The van der Waals surface area contributed by atoms with Crippen LogP contribution >= 0.6 is 11.6 Å². The molecule has 0 saturated carbocycles. The summed E-state index contributed by atoms with van der Waals surface area (Å²) in [6.45, 7) is 5.07. The highest BCUT2D eigenvalue weighted by Gasteiger charge is 2.21. The van der Waals surface area contributed by atoms with Crippen LogP contribution in [-0.4, -0.2) is 23.0 Å². The van der Waals surface area contributed by atoms with Gasteiger partial charge in [-0.2, -0.15) is 0 Å².